The van der Waals surface area contributed by atoms with Crippen LogP contribution in [-0.4, -0.2) is 9.55 Å². The van der Waals surface area contributed by atoms with Crippen LogP contribution < -0.4 is 4.90 Å². The van der Waals surface area contributed by atoms with Crippen LogP contribution >= 0.6 is 0 Å². The molecular formula is C45H29N3O. The van der Waals surface area contributed by atoms with Gasteiger partial charge in [-0.15, -0.1) is 0 Å². The van der Waals surface area contributed by atoms with E-state index in [1.54, 1.807) is 0 Å². The van der Waals surface area contributed by atoms with Crippen LogP contribution in [0.5, 0.6) is 0 Å². The van der Waals surface area contributed by atoms with E-state index in [-0.39, 0.29) is 0 Å². The molecule has 4 heteroatoms. The Balaban J connectivity index is 1.25. The molecule has 4 nitrogen and oxygen atoms in total. The smallest absolute Gasteiger partial charge is 0.146 e. The highest BCUT2D eigenvalue weighted by Gasteiger charge is 2.22. The van der Waals surface area contributed by atoms with Crippen molar-refractivity contribution in [2.75, 3.05) is 4.90 Å². The first-order chi connectivity index (χ1) is 24.3. The maximum absolute atomic E-state index is 6.62. The number of hydrogen-bond donors (Lipinski definition) is 0. The third kappa shape index (κ3) is 4.35. The highest BCUT2D eigenvalue weighted by Crippen LogP contribution is 2.45. The predicted molar refractivity (Wildman–Crippen MR) is 203 cm³/mol. The summed E-state index contributed by atoms with van der Waals surface area (Å²) in [5, 5.41) is 5.48. The lowest BCUT2D eigenvalue weighted by atomic mass is 10.0. The Kier molecular flexibility index (Phi) is 6.15. The van der Waals surface area contributed by atoms with Gasteiger partial charge in [0.2, 0.25) is 0 Å². The van der Waals surface area contributed by atoms with E-state index in [0.29, 0.717) is 0 Å². The zero-order chi connectivity index (χ0) is 32.3. The molecule has 49 heavy (non-hydrogen) atoms. The molecule has 0 amide bonds. The number of anilines is 3. The molecule has 7 aromatic carbocycles. The highest BCUT2D eigenvalue weighted by molar-refractivity contribution is 6.19. The van der Waals surface area contributed by atoms with E-state index in [2.05, 4.69) is 161 Å². The molecular weight excluding hydrogens is 599 g/mol. The normalized spacial score (nSPS) is 11.7. The van der Waals surface area contributed by atoms with Crippen molar-refractivity contribution >= 4 is 71.7 Å². The molecule has 0 saturated heterocycles. The Morgan fingerprint density at radius 3 is 2.00 bits per heavy atom. The maximum atomic E-state index is 6.62. The molecule has 0 aliphatic heterocycles. The van der Waals surface area contributed by atoms with E-state index in [1.165, 1.54) is 27.4 Å². The van der Waals surface area contributed by atoms with E-state index in [9.17, 15) is 0 Å². The Bertz CT molecular complexity index is 2820. The largest absolute Gasteiger partial charge is 0.455 e. The van der Waals surface area contributed by atoms with Gasteiger partial charge in [0.05, 0.1) is 27.6 Å². The van der Waals surface area contributed by atoms with Crippen molar-refractivity contribution in [2.24, 2.45) is 0 Å². The summed E-state index contributed by atoms with van der Waals surface area (Å²) < 4.78 is 8.99. The second-order valence-electron chi connectivity index (χ2n) is 12.4. The molecule has 0 atom stereocenters. The molecule has 0 radical (unpaired) electrons. The molecule has 10 rings (SSSR count). The third-order valence-corrected chi connectivity index (χ3v) is 9.62. The van der Waals surface area contributed by atoms with Gasteiger partial charge in [-0.3, -0.25) is 4.98 Å². The summed E-state index contributed by atoms with van der Waals surface area (Å²) in [6, 6.07) is 60.0. The van der Waals surface area contributed by atoms with Crippen LogP contribution in [0.15, 0.2) is 180 Å². The van der Waals surface area contributed by atoms with Crippen molar-refractivity contribution in [2.45, 2.75) is 0 Å². The monoisotopic (exact) mass is 627 g/mol. The fourth-order valence-electron chi connectivity index (χ4n) is 7.39. The molecule has 0 saturated carbocycles. The first-order valence-corrected chi connectivity index (χ1v) is 16.5. The standard InChI is InChI=1S/C45H29N3O/c1-3-12-30(13-4-1)31-22-24-33(25-23-31)47(41-20-11-21-43-44(41)38-29-46-39-18-9-7-17-37(39)45(38)49-43)34-26-27-36-35-16-8-10-19-40(35)48(42(36)28-34)32-14-5-2-6-15-32/h1-29H. The Morgan fingerprint density at radius 1 is 0.490 bits per heavy atom. The van der Waals surface area contributed by atoms with Gasteiger partial charge in [-0.05, 0) is 77.9 Å². The predicted octanol–water partition coefficient (Wildman–Crippen LogP) is 12.4. The fourth-order valence-corrected chi connectivity index (χ4v) is 7.39. The van der Waals surface area contributed by atoms with Crippen molar-refractivity contribution < 1.29 is 4.42 Å². The van der Waals surface area contributed by atoms with Crippen molar-refractivity contribution in [3.63, 3.8) is 0 Å². The van der Waals surface area contributed by atoms with Gasteiger partial charge in [-0.2, -0.15) is 0 Å². The van der Waals surface area contributed by atoms with Crippen molar-refractivity contribution in [1.29, 1.82) is 0 Å². The molecule has 10 aromatic rings. The summed E-state index contributed by atoms with van der Waals surface area (Å²) in [4.78, 5) is 7.21. The van der Waals surface area contributed by atoms with Crippen LogP contribution in [0.4, 0.5) is 17.1 Å². The van der Waals surface area contributed by atoms with Gasteiger partial charge in [0, 0.05) is 44.8 Å². The molecule has 0 unspecified atom stereocenters. The molecule has 0 aliphatic rings. The van der Waals surface area contributed by atoms with Gasteiger partial charge in [-0.25, -0.2) is 0 Å². The SMILES string of the molecule is c1ccc(-c2ccc(N(c3ccc4c5ccccc5n(-c5ccccc5)c4c3)c3cccc4oc5c6ccccc6ncc5c34)cc2)cc1. The van der Waals surface area contributed by atoms with Crippen LogP contribution in [0.2, 0.25) is 0 Å². The Hall–Kier alpha value is -6.65. The Labute approximate surface area is 282 Å². The van der Waals surface area contributed by atoms with Gasteiger partial charge in [0.25, 0.3) is 0 Å². The fraction of sp³-hybridized carbons (Fsp3) is 0. The molecule has 3 heterocycles. The van der Waals surface area contributed by atoms with Gasteiger partial charge in [0.15, 0.2) is 0 Å². The van der Waals surface area contributed by atoms with Crippen molar-refractivity contribution in [1.82, 2.24) is 9.55 Å². The van der Waals surface area contributed by atoms with Crippen LogP contribution in [0.3, 0.4) is 0 Å². The molecule has 230 valence electrons. The topological polar surface area (TPSA) is 34.2 Å². The molecule has 0 N–H and O–H groups in total. The van der Waals surface area contributed by atoms with Crippen LogP contribution in [0.1, 0.15) is 0 Å². The summed E-state index contributed by atoms with van der Waals surface area (Å²) in [5.41, 5.74) is 11.6. The van der Waals surface area contributed by atoms with Gasteiger partial charge >= 0.3 is 0 Å². The van der Waals surface area contributed by atoms with E-state index < -0.39 is 0 Å². The van der Waals surface area contributed by atoms with Gasteiger partial charge in [-0.1, -0.05) is 103 Å². The highest BCUT2D eigenvalue weighted by atomic mass is 16.3. The second-order valence-corrected chi connectivity index (χ2v) is 12.4. The van der Waals surface area contributed by atoms with E-state index in [4.69, 9.17) is 9.40 Å². The van der Waals surface area contributed by atoms with Crippen LogP contribution in [0, 0.1) is 0 Å². The quantitative estimate of drug-likeness (QED) is 0.190. The minimum Gasteiger partial charge on any atom is -0.455 e. The summed E-state index contributed by atoms with van der Waals surface area (Å²) >= 11 is 0. The summed E-state index contributed by atoms with van der Waals surface area (Å²) in [7, 11) is 0. The number of benzene rings is 7. The summed E-state index contributed by atoms with van der Waals surface area (Å²) in [6.45, 7) is 0. The minimum absolute atomic E-state index is 0.830. The second kappa shape index (κ2) is 11.0. The third-order valence-electron chi connectivity index (χ3n) is 9.62. The number of nitrogens with zero attached hydrogens (tertiary/aromatic N) is 3. The van der Waals surface area contributed by atoms with E-state index in [0.717, 1.165) is 61.1 Å². The number of aromatic nitrogens is 2. The van der Waals surface area contributed by atoms with E-state index >= 15 is 0 Å². The van der Waals surface area contributed by atoms with Crippen LogP contribution in [-0.2, 0) is 0 Å². The number of fused-ring (bicyclic) bond motifs is 8. The number of hydrogen-bond acceptors (Lipinski definition) is 3. The van der Waals surface area contributed by atoms with E-state index in [1.807, 2.05) is 24.4 Å². The molecule has 0 bridgehead atoms. The van der Waals surface area contributed by atoms with Gasteiger partial charge < -0.3 is 13.9 Å². The Morgan fingerprint density at radius 2 is 1.16 bits per heavy atom. The number of para-hydroxylation sites is 3. The first-order valence-electron chi connectivity index (χ1n) is 16.5. The molecule has 3 aromatic heterocycles. The minimum atomic E-state index is 0.830. The van der Waals surface area contributed by atoms with Crippen molar-refractivity contribution in [3.8, 4) is 16.8 Å². The van der Waals surface area contributed by atoms with Crippen molar-refractivity contribution in [3.05, 3.63) is 176 Å². The molecule has 0 fully saturated rings. The number of furan rings is 1. The van der Waals surface area contributed by atoms with Gasteiger partial charge in [0.1, 0.15) is 11.2 Å². The zero-order valence-electron chi connectivity index (χ0n) is 26.5. The number of pyridine rings is 1. The lowest BCUT2D eigenvalue weighted by Gasteiger charge is -2.27. The lowest BCUT2D eigenvalue weighted by Crippen LogP contribution is -2.10. The lowest BCUT2D eigenvalue weighted by molar-refractivity contribution is 0.672. The first kappa shape index (κ1) is 27.5. The van der Waals surface area contributed by atoms with Crippen LogP contribution in [0.25, 0.3) is 71.5 Å². The summed E-state index contributed by atoms with van der Waals surface area (Å²) in [6.07, 6.45) is 1.96. The maximum Gasteiger partial charge on any atom is 0.146 e. The average Bonchev–Trinajstić information content (AvgIpc) is 3.72. The number of rotatable bonds is 5. The molecule has 0 aliphatic carbocycles. The molecule has 0 spiro atoms. The summed E-state index contributed by atoms with van der Waals surface area (Å²) in [5.74, 6) is 0. The average molecular weight is 628 g/mol. The zero-order valence-corrected chi connectivity index (χ0v) is 26.5.